The lowest BCUT2D eigenvalue weighted by molar-refractivity contribution is 0.568. The summed E-state index contributed by atoms with van der Waals surface area (Å²) in [5.41, 5.74) is 1.36. The minimum Gasteiger partial charge on any atom is -0.349 e. The molecule has 0 fully saturated rings. The summed E-state index contributed by atoms with van der Waals surface area (Å²) < 4.78 is 0. The fourth-order valence-corrected chi connectivity index (χ4v) is 3.50. The Morgan fingerprint density at radius 1 is 1.25 bits per heavy atom. The van der Waals surface area contributed by atoms with Crippen molar-refractivity contribution >= 4 is 32.4 Å². The number of aromatic nitrogens is 1. The van der Waals surface area contributed by atoms with E-state index in [4.69, 9.17) is 4.98 Å². The second-order valence-corrected chi connectivity index (χ2v) is 6.45. The van der Waals surface area contributed by atoms with E-state index in [2.05, 4.69) is 55.4 Å². The van der Waals surface area contributed by atoms with Gasteiger partial charge in [0.1, 0.15) is 0 Å². The Morgan fingerprint density at radius 3 is 2.12 bits per heavy atom. The Labute approximate surface area is 111 Å². The van der Waals surface area contributed by atoms with Gasteiger partial charge in [0.05, 0.1) is 5.69 Å². The van der Waals surface area contributed by atoms with Gasteiger partial charge in [0.25, 0.3) is 0 Å². The number of hydrogen-bond donors (Lipinski definition) is 0. The molecule has 1 heterocycles. The van der Waals surface area contributed by atoms with Crippen LogP contribution in [0.1, 0.15) is 45.2 Å². The number of hydrogen-bond acceptors (Lipinski definition) is 3. The van der Waals surface area contributed by atoms with E-state index in [-0.39, 0.29) is 5.41 Å². The molecule has 0 spiro atoms. The molecule has 0 saturated heterocycles. The minimum atomic E-state index is 0.130. The molecule has 0 amide bonds. The second-order valence-electron chi connectivity index (χ2n) is 4.82. The summed E-state index contributed by atoms with van der Waals surface area (Å²) in [6, 6.07) is 0. The average molecular weight is 305 g/mol. The summed E-state index contributed by atoms with van der Waals surface area (Å²) >= 11 is 5.37. The Bertz CT molecular complexity index is 337. The number of thiazole rings is 1. The van der Waals surface area contributed by atoms with Crippen molar-refractivity contribution in [3.63, 3.8) is 0 Å². The topological polar surface area (TPSA) is 16.1 Å². The molecule has 0 aliphatic heterocycles. The van der Waals surface area contributed by atoms with Crippen LogP contribution in [0.5, 0.6) is 0 Å². The Balaban J connectivity index is 3.12. The van der Waals surface area contributed by atoms with Gasteiger partial charge in [-0.15, -0.1) is 11.3 Å². The summed E-state index contributed by atoms with van der Waals surface area (Å²) in [5, 5.41) is 2.06. The average Bonchev–Trinajstić information content (AvgIpc) is 2.63. The highest BCUT2D eigenvalue weighted by Gasteiger charge is 2.23. The van der Waals surface area contributed by atoms with Gasteiger partial charge in [0, 0.05) is 28.7 Å². The molecule has 0 radical (unpaired) electrons. The zero-order valence-electron chi connectivity index (χ0n) is 10.8. The number of alkyl halides is 1. The molecule has 1 aromatic heterocycles. The molecule has 4 heteroatoms. The lowest BCUT2D eigenvalue weighted by Gasteiger charge is -2.18. The van der Waals surface area contributed by atoms with E-state index in [1.165, 1.54) is 10.6 Å². The molecule has 0 atom stereocenters. The maximum absolute atomic E-state index is 4.81. The number of nitrogens with zero attached hydrogens (tertiary/aromatic N) is 2. The van der Waals surface area contributed by atoms with Crippen molar-refractivity contribution in [2.45, 2.75) is 45.4 Å². The summed E-state index contributed by atoms with van der Waals surface area (Å²) in [6.07, 6.45) is 0. The molecule has 0 aromatic carbocycles. The molecule has 2 nitrogen and oxygen atoms in total. The van der Waals surface area contributed by atoms with E-state index in [9.17, 15) is 0 Å². The molecular formula is C12H21BrN2S. The van der Waals surface area contributed by atoms with Gasteiger partial charge in [-0.1, -0.05) is 36.7 Å². The highest BCUT2D eigenvalue weighted by atomic mass is 79.9. The second kappa shape index (κ2) is 5.50. The van der Waals surface area contributed by atoms with Crippen LogP contribution in [0.3, 0.4) is 0 Å². The van der Waals surface area contributed by atoms with Crippen LogP contribution in [-0.4, -0.2) is 18.1 Å². The number of anilines is 1. The Kier molecular flexibility index (Phi) is 4.80. The zero-order chi connectivity index (χ0) is 12.3. The fourth-order valence-electron chi connectivity index (χ4n) is 1.65. The molecular weight excluding hydrogens is 284 g/mol. The Hall–Kier alpha value is -0.0900. The largest absolute Gasteiger partial charge is 0.349 e. The summed E-state index contributed by atoms with van der Waals surface area (Å²) in [5.74, 6) is 0. The molecule has 16 heavy (non-hydrogen) atoms. The van der Waals surface area contributed by atoms with Gasteiger partial charge in [-0.05, 0) is 13.8 Å². The summed E-state index contributed by atoms with van der Waals surface area (Å²) in [7, 11) is 0. The van der Waals surface area contributed by atoms with Crippen LogP contribution < -0.4 is 4.90 Å². The molecule has 0 N–H and O–H groups in total. The van der Waals surface area contributed by atoms with Gasteiger partial charge >= 0.3 is 0 Å². The summed E-state index contributed by atoms with van der Waals surface area (Å²) in [4.78, 5) is 8.48. The SMILES string of the molecule is CCN(CC)c1nc(C(C)(C)C)c(CBr)s1. The van der Waals surface area contributed by atoms with E-state index >= 15 is 0 Å². The maximum Gasteiger partial charge on any atom is 0.185 e. The highest BCUT2D eigenvalue weighted by molar-refractivity contribution is 9.08. The van der Waals surface area contributed by atoms with Crippen molar-refractivity contribution in [1.82, 2.24) is 4.98 Å². The van der Waals surface area contributed by atoms with Crippen LogP contribution in [0.4, 0.5) is 5.13 Å². The van der Waals surface area contributed by atoms with Crippen molar-refractivity contribution in [2.24, 2.45) is 0 Å². The summed E-state index contributed by atoms with van der Waals surface area (Å²) in [6.45, 7) is 13.1. The van der Waals surface area contributed by atoms with Gasteiger partial charge in [0.15, 0.2) is 5.13 Å². The molecule has 0 saturated carbocycles. The van der Waals surface area contributed by atoms with Crippen LogP contribution in [0.15, 0.2) is 0 Å². The molecule has 1 aromatic rings. The van der Waals surface area contributed by atoms with Crippen LogP contribution in [-0.2, 0) is 10.7 Å². The highest BCUT2D eigenvalue weighted by Crippen LogP contribution is 2.34. The maximum atomic E-state index is 4.81. The normalized spacial score (nSPS) is 11.9. The first kappa shape index (κ1) is 14.0. The number of rotatable bonds is 4. The minimum absolute atomic E-state index is 0.130. The molecule has 92 valence electrons. The third kappa shape index (κ3) is 2.98. The van der Waals surface area contributed by atoms with Crippen LogP contribution >= 0.6 is 27.3 Å². The third-order valence-corrected chi connectivity index (χ3v) is 4.60. The van der Waals surface area contributed by atoms with E-state index < -0.39 is 0 Å². The first-order valence-corrected chi connectivity index (χ1v) is 7.68. The quantitative estimate of drug-likeness (QED) is 0.776. The zero-order valence-corrected chi connectivity index (χ0v) is 13.2. The van der Waals surface area contributed by atoms with E-state index in [1.807, 2.05) is 11.3 Å². The van der Waals surface area contributed by atoms with Crippen molar-refractivity contribution in [3.8, 4) is 0 Å². The smallest absolute Gasteiger partial charge is 0.185 e. The van der Waals surface area contributed by atoms with Gasteiger partial charge in [0.2, 0.25) is 0 Å². The molecule has 0 bridgehead atoms. The van der Waals surface area contributed by atoms with Gasteiger partial charge in [-0.2, -0.15) is 0 Å². The lowest BCUT2D eigenvalue weighted by atomic mass is 9.92. The monoisotopic (exact) mass is 304 g/mol. The van der Waals surface area contributed by atoms with Gasteiger partial charge < -0.3 is 4.90 Å². The third-order valence-electron chi connectivity index (χ3n) is 2.55. The molecule has 1 rings (SSSR count). The van der Waals surface area contributed by atoms with Crippen molar-refractivity contribution in [2.75, 3.05) is 18.0 Å². The van der Waals surface area contributed by atoms with Gasteiger partial charge in [-0.3, -0.25) is 0 Å². The predicted octanol–water partition coefficient (Wildman–Crippen LogP) is 4.18. The number of halogens is 1. The first-order valence-electron chi connectivity index (χ1n) is 5.75. The molecule has 0 aliphatic carbocycles. The first-order chi connectivity index (χ1) is 7.43. The van der Waals surface area contributed by atoms with Crippen LogP contribution in [0.25, 0.3) is 0 Å². The lowest BCUT2D eigenvalue weighted by Crippen LogP contribution is -2.22. The van der Waals surface area contributed by atoms with Gasteiger partial charge in [-0.25, -0.2) is 4.98 Å². The molecule has 0 aliphatic rings. The van der Waals surface area contributed by atoms with E-state index in [0.717, 1.165) is 23.6 Å². The Morgan fingerprint density at radius 2 is 1.81 bits per heavy atom. The van der Waals surface area contributed by atoms with Crippen molar-refractivity contribution < 1.29 is 0 Å². The molecule has 0 unspecified atom stereocenters. The fraction of sp³-hybridized carbons (Fsp3) is 0.750. The standard InChI is InChI=1S/C12H21BrN2S/c1-6-15(7-2)11-14-10(12(3,4)5)9(8-13)16-11/h6-8H2,1-5H3. The van der Waals surface area contributed by atoms with Crippen LogP contribution in [0.2, 0.25) is 0 Å². The van der Waals surface area contributed by atoms with Crippen LogP contribution in [0, 0.1) is 0 Å². The van der Waals surface area contributed by atoms with Crippen molar-refractivity contribution in [3.05, 3.63) is 10.6 Å². The predicted molar refractivity (Wildman–Crippen MR) is 77.0 cm³/mol. The van der Waals surface area contributed by atoms with Crippen molar-refractivity contribution in [1.29, 1.82) is 0 Å². The van der Waals surface area contributed by atoms with E-state index in [1.54, 1.807) is 0 Å². The van der Waals surface area contributed by atoms with E-state index in [0.29, 0.717) is 0 Å².